The predicted octanol–water partition coefficient (Wildman–Crippen LogP) is 4.30. The maximum Gasteiger partial charge on any atom is 0.169 e. The van der Waals surface area contributed by atoms with Crippen molar-refractivity contribution in [3.8, 4) is 17.2 Å². The number of hydrogen-bond donors (Lipinski definition) is 1. The Balaban J connectivity index is 1.88. The summed E-state index contributed by atoms with van der Waals surface area (Å²) >= 11 is 0. The van der Waals surface area contributed by atoms with Crippen LogP contribution >= 0.6 is 0 Å². The first-order valence-corrected chi connectivity index (χ1v) is 7.50. The lowest BCUT2D eigenvalue weighted by Crippen LogP contribution is -2.26. The van der Waals surface area contributed by atoms with Gasteiger partial charge < -0.3 is 14.8 Å². The third kappa shape index (κ3) is 3.19. The molecule has 0 saturated carbocycles. The first-order chi connectivity index (χ1) is 10.2. The Labute approximate surface area is 125 Å². The lowest BCUT2D eigenvalue weighted by molar-refractivity contribution is 0.195. The average Bonchev–Trinajstić information content (AvgIpc) is 2.63. The summed E-state index contributed by atoms with van der Waals surface area (Å²) in [5.74, 6) is 2.48. The zero-order valence-corrected chi connectivity index (χ0v) is 12.5. The van der Waals surface area contributed by atoms with Crippen LogP contribution in [0.25, 0.3) is 0 Å². The first-order valence-electron chi connectivity index (χ1n) is 7.50. The molecule has 1 unspecified atom stereocenters. The summed E-state index contributed by atoms with van der Waals surface area (Å²) in [7, 11) is 0. The van der Waals surface area contributed by atoms with Crippen molar-refractivity contribution < 1.29 is 9.47 Å². The summed E-state index contributed by atoms with van der Waals surface area (Å²) in [5, 5.41) is 3.45. The summed E-state index contributed by atoms with van der Waals surface area (Å²) < 4.78 is 12.2. The van der Waals surface area contributed by atoms with Crippen molar-refractivity contribution in [2.24, 2.45) is 0 Å². The molecule has 1 heterocycles. The average molecular weight is 283 g/mol. The van der Waals surface area contributed by atoms with Crippen LogP contribution in [0.2, 0.25) is 0 Å². The Morgan fingerprint density at radius 2 is 1.62 bits per heavy atom. The van der Waals surface area contributed by atoms with E-state index in [1.165, 1.54) is 0 Å². The zero-order chi connectivity index (χ0) is 14.7. The van der Waals surface area contributed by atoms with Crippen LogP contribution in [0.3, 0.4) is 0 Å². The number of nitrogens with one attached hydrogen (secondary N) is 1. The van der Waals surface area contributed by atoms with E-state index < -0.39 is 0 Å². The van der Waals surface area contributed by atoms with E-state index >= 15 is 0 Å². The number of ether oxygens (including phenoxy) is 2. The zero-order valence-electron chi connectivity index (χ0n) is 12.5. The van der Waals surface area contributed by atoms with E-state index in [0.717, 1.165) is 35.8 Å². The Bertz CT molecular complexity index is 610. The van der Waals surface area contributed by atoms with Gasteiger partial charge in [-0.2, -0.15) is 0 Å². The minimum Gasteiger partial charge on any atom is -0.482 e. The summed E-state index contributed by atoms with van der Waals surface area (Å²) in [6.45, 7) is 5.22. The van der Waals surface area contributed by atoms with E-state index in [9.17, 15) is 0 Å². The van der Waals surface area contributed by atoms with Gasteiger partial charge in [-0.25, -0.2) is 0 Å². The molecule has 2 aromatic rings. The van der Waals surface area contributed by atoms with Crippen LogP contribution in [0.1, 0.15) is 31.9 Å². The first kappa shape index (κ1) is 14.0. The van der Waals surface area contributed by atoms with Gasteiger partial charge in [-0.1, -0.05) is 44.2 Å². The molecular weight excluding hydrogens is 262 g/mol. The number of hydrogen-bond acceptors (Lipinski definition) is 3. The molecule has 110 valence electrons. The number of rotatable bonds is 4. The van der Waals surface area contributed by atoms with Crippen LogP contribution < -0.4 is 14.8 Å². The molecule has 0 spiro atoms. The second kappa shape index (κ2) is 6.19. The van der Waals surface area contributed by atoms with E-state index in [2.05, 4.69) is 25.2 Å². The molecule has 2 aromatic carbocycles. The summed E-state index contributed by atoms with van der Waals surface area (Å²) in [5.41, 5.74) is 1.11. The molecule has 1 N–H and O–H groups in total. The van der Waals surface area contributed by atoms with E-state index in [-0.39, 0.29) is 6.10 Å². The Morgan fingerprint density at radius 1 is 0.952 bits per heavy atom. The van der Waals surface area contributed by atoms with Gasteiger partial charge in [-0.15, -0.1) is 0 Å². The highest BCUT2D eigenvalue weighted by Gasteiger charge is 2.23. The SMILES string of the molecule is CC(C)NCCC1Oc2ccccc2Oc2ccccc21. The van der Waals surface area contributed by atoms with Crippen LogP contribution in [0.15, 0.2) is 48.5 Å². The third-order valence-corrected chi connectivity index (χ3v) is 3.56. The Hall–Kier alpha value is -2.00. The fourth-order valence-corrected chi connectivity index (χ4v) is 2.52. The van der Waals surface area contributed by atoms with Crippen molar-refractivity contribution >= 4 is 0 Å². The van der Waals surface area contributed by atoms with Gasteiger partial charge in [0, 0.05) is 18.0 Å². The molecule has 0 aromatic heterocycles. The van der Waals surface area contributed by atoms with Crippen molar-refractivity contribution in [3.63, 3.8) is 0 Å². The molecule has 1 atom stereocenters. The van der Waals surface area contributed by atoms with Crippen LogP contribution in [-0.2, 0) is 0 Å². The minimum absolute atomic E-state index is 0.0103. The van der Waals surface area contributed by atoms with Crippen LogP contribution in [0, 0.1) is 0 Å². The second-order valence-electron chi connectivity index (χ2n) is 5.59. The van der Waals surface area contributed by atoms with Crippen LogP contribution in [0.4, 0.5) is 0 Å². The maximum absolute atomic E-state index is 6.20. The Morgan fingerprint density at radius 3 is 2.38 bits per heavy atom. The minimum atomic E-state index is 0.0103. The molecule has 0 saturated heterocycles. The number of benzene rings is 2. The maximum atomic E-state index is 6.20. The molecule has 3 rings (SSSR count). The van der Waals surface area contributed by atoms with Crippen molar-refractivity contribution in [2.45, 2.75) is 32.4 Å². The number of para-hydroxylation sites is 3. The number of fused-ring (bicyclic) bond motifs is 2. The molecule has 1 aliphatic heterocycles. The van der Waals surface area contributed by atoms with Gasteiger partial charge in [0.2, 0.25) is 0 Å². The lowest BCUT2D eigenvalue weighted by atomic mass is 10.1. The van der Waals surface area contributed by atoms with Crippen LogP contribution in [0.5, 0.6) is 17.2 Å². The van der Waals surface area contributed by atoms with Gasteiger partial charge in [0.15, 0.2) is 11.5 Å². The highest BCUT2D eigenvalue weighted by Crippen LogP contribution is 2.42. The fourth-order valence-electron chi connectivity index (χ4n) is 2.52. The molecular formula is C18H21NO2. The summed E-state index contributed by atoms with van der Waals surface area (Å²) in [6.07, 6.45) is 0.920. The van der Waals surface area contributed by atoms with Crippen LogP contribution in [-0.4, -0.2) is 12.6 Å². The van der Waals surface area contributed by atoms with Crippen molar-refractivity contribution in [1.82, 2.24) is 5.32 Å². The van der Waals surface area contributed by atoms with Gasteiger partial charge in [-0.05, 0) is 24.7 Å². The van der Waals surface area contributed by atoms with Crippen molar-refractivity contribution in [1.29, 1.82) is 0 Å². The Kier molecular flexibility index (Phi) is 4.11. The van der Waals surface area contributed by atoms with Crippen molar-refractivity contribution in [3.05, 3.63) is 54.1 Å². The van der Waals surface area contributed by atoms with E-state index in [1.54, 1.807) is 0 Å². The molecule has 3 nitrogen and oxygen atoms in total. The highest BCUT2D eigenvalue weighted by atomic mass is 16.5. The van der Waals surface area contributed by atoms with Gasteiger partial charge in [-0.3, -0.25) is 0 Å². The molecule has 3 heteroatoms. The quantitative estimate of drug-likeness (QED) is 0.907. The van der Waals surface area contributed by atoms with Gasteiger partial charge >= 0.3 is 0 Å². The highest BCUT2D eigenvalue weighted by molar-refractivity contribution is 5.48. The molecule has 0 fully saturated rings. The third-order valence-electron chi connectivity index (χ3n) is 3.56. The predicted molar refractivity (Wildman–Crippen MR) is 84.1 cm³/mol. The largest absolute Gasteiger partial charge is 0.482 e. The second-order valence-corrected chi connectivity index (χ2v) is 5.59. The molecule has 0 bridgehead atoms. The smallest absolute Gasteiger partial charge is 0.169 e. The topological polar surface area (TPSA) is 30.5 Å². The van der Waals surface area contributed by atoms with Gasteiger partial charge in [0.1, 0.15) is 11.9 Å². The van der Waals surface area contributed by atoms with E-state index in [4.69, 9.17) is 9.47 Å². The standard InChI is InChI=1S/C18H21NO2/c1-13(2)19-12-11-16-14-7-3-4-8-15(14)20-17-9-5-6-10-18(17)21-16/h3-10,13,16,19H,11-12H2,1-2H3. The van der Waals surface area contributed by atoms with Gasteiger partial charge in [0.25, 0.3) is 0 Å². The van der Waals surface area contributed by atoms with Gasteiger partial charge in [0.05, 0.1) is 0 Å². The summed E-state index contributed by atoms with van der Waals surface area (Å²) in [4.78, 5) is 0. The fraction of sp³-hybridized carbons (Fsp3) is 0.333. The molecule has 0 aliphatic carbocycles. The van der Waals surface area contributed by atoms with Crippen molar-refractivity contribution in [2.75, 3.05) is 6.54 Å². The molecule has 21 heavy (non-hydrogen) atoms. The van der Waals surface area contributed by atoms with E-state index in [1.807, 2.05) is 42.5 Å². The lowest BCUT2D eigenvalue weighted by Gasteiger charge is -2.19. The normalized spacial score (nSPS) is 16.4. The molecule has 1 aliphatic rings. The molecule has 0 radical (unpaired) electrons. The summed E-state index contributed by atoms with van der Waals surface area (Å²) in [6, 6.07) is 16.4. The monoisotopic (exact) mass is 283 g/mol. The van der Waals surface area contributed by atoms with E-state index in [0.29, 0.717) is 6.04 Å². The molecule has 0 amide bonds.